The maximum Gasteiger partial charge on any atom is 0.339 e. The van der Waals surface area contributed by atoms with Crippen LogP contribution in [-0.4, -0.2) is 38.0 Å². The molecule has 0 radical (unpaired) electrons. The first-order valence-corrected chi connectivity index (χ1v) is 8.20. The summed E-state index contributed by atoms with van der Waals surface area (Å²) in [6.07, 6.45) is -1.02. The Balaban J connectivity index is 2.01. The van der Waals surface area contributed by atoms with Crippen molar-refractivity contribution in [1.29, 1.82) is 0 Å². The summed E-state index contributed by atoms with van der Waals surface area (Å²) in [5.74, 6) is -0.349. The number of benzene rings is 2. The van der Waals surface area contributed by atoms with Crippen LogP contribution in [0, 0.1) is 0 Å². The minimum atomic E-state index is -1.02. The fourth-order valence-corrected chi connectivity index (χ4v) is 2.28. The van der Waals surface area contributed by atoms with Crippen LogP contribution in [0.5, 0.6) is 11.5 Å². The van der Waals surface area contributed by atoms with E-state index in [1.165, 1.54) is 40.2 Å². The van der Waals surface area contributed by atoms with Crippen LogP contribution >= 0.6 is 0 Å². The van der Waals surface area contributed by atoms with Gasteiger partial charge in [-0.05, 0) is 56.3 Å². The van der Waals surface area contributed by atoms with Gasteiger partial charge in [-0.25, -0.2) is 4.79 Å². The number of amides is 1. The highest BCUT2D eigenvalue weighted by Crippen LogP contribution is 2.28. The van der Waals surface area contributed by atoms with E-state index in [2.05, 4.69) is 5.32 Å². The van der Waals surface area contributed by atoms with Gasteiger partial charge in [-0.2, -0.15) is 0 Å². The molecule has 7 nitrogen and oxygen atoms in total. The second-order valence-corrected chi connectivity index (χ2v) is 5.74. The minimum Gasteiger partial charge on any atom is -0.493 e. The molecule has 27 heavy (non-hydrogen) atoms. The molecule has 2 aromatic rings. The highest BCUT2D eigenvalue weighted by molar-refractivity contribution is 5.98. The summed E-state index contributed by atoms with van der Waals surface area (Å²) in [6.45, 7) is 2.93. The maximum atomic E-state index is 12.3. The summed E-state index contributed by atoms with van der Waals surface area (Å²) in [5.41, 5.74) is 1.28. The van der Waals surface area contributed by atoms with Crippen molar-refractivity contribution in [2.45, 2.75) is 20.0 Å². The number of hydrogen-bond acceptors (Lipinski definition) is 6. The zero-order valence-corrected chi connectivity index (χ0v) is 15.6. The number of carbonyl (C=O) groups is 3. The second kappa shape index (κ2) is 8.84. The Labute approximate surface area is 157 Å². The zero-order chi connectivity index (χ0) is 20.0. The predicted octanol–water partition coefficient (Wildman–Crippen LogP) is 3.09. The Morgan fingerprint density at radius 2 is 1.48 bits per heavy atom. The fourth-order valence-electron chi connectivity index (χ4n) is 2.28. The van der Waals surface area contributed by atoms with Crippen LogP contribution < -0.4 is 14.8 Å². The van der Waals surface area contributed by atoms with Crippen LogP contribution in [0.15, 0.2) is 42.5 Å². The molecule has 1 atom stereocenters. The van der Waals surface area contributed by atoms with E-state index in [1.807, 2.05) is 0 Å². The largest absolute Gasteiger partial charge is 0.493 e. The lowest BCUT2D eigenvalue weighted by molar-refractivity contribution is -0.123. The zero-order valence-electron chi connectivity index (χ0n) is 15.6. The van der Waals surface area contributed by atoms with Gasteiger partial charge in [-0.3, -0.25) is 9.59 Å². The molecule has 2 rings (SSSR count). The van der Waals surface area contributed by atoms with Gasteiger partial charge in [0.2, 0.25) is 0 Å². The van der Waals surface area contributed by atoms with Gasteiger partial charge < -0.3 is 19.5 Å². The molecule has 0 bridgehead atoms. The first-order valence-electron chi connectivity index (χ1n) is 8.20. The minimum absolute atomic E-state index is 0.0647. The van der Waals surface area contributed by atoms with Crippen molar-refractivity contribution >= 4 is 23.3 Å². The van der Waals surface area contributed by atoms with Gasteiger partial charge in [0, 0.05) is 11.3 Å². The Kier molecular flexibility index (Phi) is 6.54. The molecule has 0 spiro atoms. The molecule has 1 amide bonds. The van der Waals surface area contributed by atoms with Crippen molar-refractivity contribution in [3.63, 3.8) is 0 Å². The number of carbonyl (C=O) groups excluding carboxylic acids is 3. The third-order valence-corrected chi connectivity index (χ3v) is 3.83. The van der Waals surface area contributed by atoms with Gasteiger partial charge in [0.25, 0.3) is 5.91 Å². The molecule has 0 saturated carbocycles. The van der Waals surface area contributed by atoms with E-state index < -0.39 is 18.0 Å². The van der Waals surface area contributed by atoms with E-state index in [1.54, 1.807) is 30.3 Å². The smallest absolute Gasteiger partial charge is 0.339 e. The molecule has 142 valence electrons. The quantitative estimate of drug-likeness (QED) is 0.594. The lowest BCUT2D eigenvalue weighted by Gasteiger charge is -2.14. The summed E-state index contributed by atoms with van der Waals surface area (Å²) in [6, 6.07) is 11.0. The van der Waals surface area contributed by atoms with Crippen molar-refractivity contribution in [3.8, 4) is 11.5 Å². The van der Waals surface area contributed by atoms with E-state index in [4.69, 9.17) is 14.2 Å². The molecule has 0 fully saturated rings. The molecule has 2 aromatic carbocycles. The maximum absolute atomic E-state index is 12.3. The number of nitrogens with one attached hydrogen (secondary N) is 1. The van der Waals surface area contributed by atoms with E-state index in [-0.39, 0.29) is 11.3 Å². The van der Waals surface area contributed by atoms with Gasteiger partial charge in [0.05, 0.1) is 19.8 Å². The third kappa shape index (κ3) is 5.07. The van der Waals surface area contributed by atoms with E-state index in [0.29, 0.717) is 22.7 Å². The number of rotatable bonds is 7. The number of anilines is 1. The van der Waals surface area contributed by atoms with Crippen molar-refractivity contribution in [3.05, 3.63) is 53.6 Å². The van der Waals surface area contributed by atoms with E-state index in [0.717, 1.165) is 0 Å². The highest BCUT2D eigenvalue weighted by Gasteiger charge is 2.20. The number of Topliss-reactive ketones (excluding diaryl/α,β-unsaturated/α-hetero) is 1. The van der Waals surface area contributed by atoms with E-state index in [9.17, 15) is 14.4 Å². The summed E-state index contributed by atoms with van der Waals surface area (Å²) in [5, 5.41) is 2.63. The van der Waals surface area contributed by atoms with Crippen molar-refractivity contribution in [2.75, 3.05) is 19.5 Å². The standard InChI is InChI=1S/C20H21NO6/c1-12(22)14-5-8-16(9-6-14)21-19(23)13(2)27-20(24)15-7-10-17(25-3)18(11-15)26-4/h5-11,13H,1-4H3,(H,21,23)/t13-/m1/s1. The molecule has 0 aliphatic heterocycles. The van der Waals surface area contributed by atoms with Gasteiger partial charge in [0.15, 0.2) is 23.4 Å². The average Bonchev–Trinajstić information content (AvgIpc) is 2.67. The number of ketones is 1. The Morgan fingerprint density at radius 1 is 0.889 bits per heavy atom. The highest BCUT2D eigenvalue weighted by atomic mass is 16.5. The van der Waals surface area contributed by atoms with Crippen LogP contribution in [0.4, 0.5) is 5.69 Å². The number of esters is 1. The monoisotopic (exact) mass is 371 g/mol. The van der Waals surface area contributed by atoms with Crippen molar-refractivity contribution in [1.82, 2.24) is 0 Å². The molecule has 0 aliphatic rings. The molecule has 0 unspecified atom stereocenters. The van der Waals surface area contributed by atoms with Crippen LogP contribution in [0.2, 0.25) is 0 Å². The molecular formula is C20H21NO6. The Hall–Kier alpha value is -3.35. The summed E-state index contributed by atoms with van der Waals surface area (Å²) in [7, 11) is 2.95. The second-order valence-electron chi connectivity index (χ2n) is 5.74. The molecule has 7 heteroatoms. The first-order chi connectivity index (χ1) is 12.8. The van der Waals surface area contributed by atoms with Crippen molar-refractivity contribution < 1.29 is 28.6 Å². The normalized spacial score (nSPS) is 11.3. The third-order valence-electron chi connectivity index (χ3n) is 3.83. The van der Waals surface area contributed by atoms with Crippen molar-refractivity contribution in [2.24, 2.45) is 0 Å². The molecule has 0 heterocycles. The average molecular weight is 371 g/mol. The lowest BCUT2D eigenvalue weighted by atomic mass is 10.1. The van der Waals surface area contributed by atoms with E-state index >= 15 is 0 Å². The van der Waals surface area contributed by atoms with Gasteiger partial charge in [0.1, 0.15) is 0 Å². The summed E-state index contributed by atoms with van der Waals surface area (Å²) >= 11 is 0. The number of hydrogen-bond donors (Lipinski definition) is 1. The van der Waals surface area contributed by atoms with Crippen LogP contribution in [0.3, 0.4) is 0 Å². The molecular weight excluding hydrogens is 350 g/mol. The van der Waals surface area contributed by atoms with Gasteiger partial charge in [-0.1, -0.05) is 0 Å². The number of ether oxygens (including phenoxy) is 3. The van der Waals surface area contributed by atoms with Crippen LogP contribution in [0.25, 0.3) is 0 Å². The molecule has 1 N–H and O–H groups in total. The summed E-state index contributed by atoms with van der Waals surface area (Å²) in [4.78, 5) is 35.8. The topological polar surface area (TPSA) is 90.9 Å². The fraction of sp³-hybridized carbons (Fsp3) is 0.250. The lowest BCUT2D eigenvalue weighted by Crippen LogP contribution is -2.30. The Morgan fingerprint density at radius 3 is 2.04 bits per heavy atom. The van der Waals surface area contributed by atoms with Gasteiger partial charge in [-0.15, -0.1) is 0 Å². The van der Waals surface area contributed by atoms with Gasteiger partial charge >= 0.3 is 5.97 Å². The SMILES string of the molecule is COc1ccc(C(=O)O[C@H](C)C(=O)Nc2ccc(C(C)=O)cc2)cc1OC. The first kappa shape index (κ1) is 20.0. The van der Waals surface area contributed by atoms with Crippen LogP contribution in [-0.2, 0) is 9.53 Å². The molecule has 0 aromatic heterocycles. The molecule has 0 saturated heterocycles. The molecule has 0 aliphatic carbocycles. The predicted molar refractivity (Wildman–Crippen MR) is 99.5 cm³/mol. The summed E-state index contributed by atoms with van der Waals surface area (Å²) < 4.78 is 15.5. The Bertz CT molecular complexity index is 844. The van der Waals surface area contributed by atoms with Crippen LogP contribution in [0.1, 0.15) is 34.6 Å². The number of methoxy groups -OCH3 is 2.